The largest absolute Gasteiger partial charge is 0.507 e. The van der Waals surface area contributed by atoms with Gasteiger partial charge < -0.3 is 25.8 Å². The third-order valence-corrected chi connectivity index (χ3v) is 7.73. The summed E-state index contributed by atoms with van der Waals surface area (Å²) in [6.45, 7) is 1.19. The number of amides is 1. The van der Waals surface area contributed by atoms with Gasteiger partial charge in [-0.3, -0.25) is 4.79 Å². The Balaban J connectivity index is 1.62. The molecule has 2 atom stereocenters. The number of hydrogen-bond acceptors (Lipinski definition) is 4. The van der Waals surface area contributed by atoms with Gasteiger partial charge in [0.25, 0.3) is 5.91 Å². The standard InChI is InChI=1S/C27H34BrN3O3/c28-23-10-6-11-24-26(23)22(17-31(24)16-19(32)15-29)20(18-7-2-1-3-8-18)13-14-30-27(34)21-9-4-5-12-25(21)33/h4-6,9-12,17-20,32-33H,1-3,7-8,13-16,29H2,(H,30,34). The third-order valence-electron chi connectivity index (χ3n) is 7.07. The number of rotatable bonds is 9. The Morgan fingerprint density at radius 1 is 1.15 bits per heavy atom. The minimum absolute atomic E-state index is 0.00528. The number of para-hydroxylation sites is 1. The van der Waals surface area contributed by atoms with Gasteiger partial charge in [0.15, 0.2) is 0 Å². The number of nitrogens with one attached hydrogen (secondary N) is 1. The first-order valence-corrected chi connectivity index (χ1v) is 13.0. The van der Waals surface area contributed by atoms with Crippen LogP contribution in [0.15, 0.2) is 53.1 Å². The van der Waals surface area contributed by atoms with Crippen molar-refractivity contribution in [1.82, 2.24) is 9.88 Å². The van der Waals surface area contributed by atoms with Crippen LogP contribution in [0.1, 0.15) is 60.4 Å². The number of carbonyl (C=O) groups excluding carboxylic acids is 1. The molecule has 0 radical (unpaired) electrons. The zero-order chi connectivity index (χ0) is 24.1. The minimum atomic E-state index is -0.603. The van der Waals surface area contributed by atoms with E-state index in [1.807, 2.05) is 6.07 Å². The molecule has 1 aliphatic rings. The SMILES string of the molecule is NCC(O)Cn1cc(C(CCNC(=O)c2ccccc2O)C2CCCCC2)c2c(Br)cccc21. The molecule has 2 aromatic carbocycles. The lowest BCUT2D eigenvalue weighted by Gasteiger charge is -2.30. The first-order chi connectivity index (χ1) is 16.5. The van der Waals surface area contributed by atoms with Gasteiger partial charge in [-0.1, -0.05) is 53.4 Å². The summed E-state index contributed by atoms with van der Waals surface area (Å²) in [5, 5.41) is 24.5. The summed E-state index contributed by atoms with van der Waals surface area (Å²) in [6.07, 6.45) is 8.49. The summed E-state index contributed by atoms with van der Waals surface area (Å²) in [4.78, 5) is 12.7. The maximum absolute atomic E-state index is 12.7. The molecule has 1 amide bonds. The molecule has 5 N–H and O–H groups in total. The molecule has 0 bridgehead atoms. The molecule has 1 fully saturated rings. The predicted molar refractivity (Wildman–Crippen MR) is 139 cm³/mol. The van der Waals surface area contributed by atoms with Crippen LogP contribution in [0.25, 0.3) is 10.9 Å². The van der Waals surface area contributed by atoms with Crippen molar-refractivity contribution in [2.24, 2.45) is 11.7 Å². The molecule has 0 aliphatic heterocycles. The highest BCUT2D eigenvalue weighted by atomic mass is 79.9. The Bertz CT molecular complexity index is 1120. The smallest absolute Gasteiger partial charge is 0.255 e. The van der Waals surface area contributed by atoms with E-state index in [2.05, 4.69) is 44.1 Å². The van der Waals surface area contributed by atoms with E-state index in [0.717, 1.165) is 16.4 Å². The number of hydrogen-bond donors (Lipinski definition) is 4. The average Bonchev–Trinajstić information content (AvgIpc) is 3.21. The summed E-state index contributed by atoms with van der Waals surface area (Å²) in [7, 11) is 0. The van der Waals surface area contributed by atoms with E-state index >= 15 is 0 Å². The number of phenolic OH excluding ortho intramolecular Hbond substituents is 1. The lowest BCUT2D eigenvalue weighted by molar-refractivity contribution is 0.0948. The van der Waals surface area contributed by atoms with Crippen molar-refractivity contribution in [1.29, 1.82) is 0 Å². The minimum Gasteiger partial charge on any atom is -0.507 e. The van der Waals surface area contributed by atoms with Gasteiger partial charge in [0, 0.05) is 41.2 Å². The molecule has 4 rings (SSSR count). The molecule has 6 nitrogen and oxygen atoms in total. The van der Waals surface area contributed by atoms with E-state index in [1.54, 1.807) is 18.2 Å². The van der Waals surface area contributed by atoms with Crippen molar-refractivity contribution in [3.63, 3.8) is 0 Å². The van der Waals surface area contributed by atoms with E-state index in [9.17, 15) is 15.0 Å². The monoisotopic (exact) mass is 527 g/mol. The maximum Gasteiger partial charge on any atom is 0.255 e. The first-order valence-electron chi connectivity index (χ1n) is 12.2. The van der Waals surface area contributed by atoms with Crippen LogP contribution in [-0.4, -0.2) is 39.9 Å². The van der Waals surface area contributed by atoms with E-state index in [-0.39, 0.29) is 24.1 Å². The zero-order valence-electron chi connectivity index (χ0n) is 19.4. The number of nitrogens with two attached hydrogens (primary N) is 1. The number of aromatic nitrogens is 1. The van der Waals surface area contributed by atoms with Crippen LogP contribution in [0.2, 0.25) is 0 Å². The van der Waals surface area contributed by atoms with Gasteiger partial charge in [0.2, 0.25) is 0 Å². The number of aliphatic hydroxyl groups excluding tert-OH is 1. The van der Waals surface area contributed by atoms with Crippen molar-refractivity contribution in [3.05, 3.63) is 64.3 Å². The van der Waals surface area contributed by atoms with Gasteiger partial charge in [-0.15, -0.1) is 0 Å². The van der Waals surface area contributed by atoms with Gasteiger partial charge >= 0.3 is 0 Å². The summed E-state index contributed by atoms with van der Waals surface area (Å²) in [5.74, 6) is 0.563. The summed E-state index contributed by atoms with van der Waals surface area (Å²) < 4.78 is 3.16. The Hall–Kier alpha value is -2.35. The Morgan fingerprint density at radius 2 is 1.91 bits per heavy atom. The number of fused-ring (bicyclic) bond motifs is 1. The molecule has 3 aromatic rings. The number of phenols is 1. The highest BCUT2D eigenvalue weighted by Crippen LogP contribution is 2.43. The molecule has 34 heavy (non-hydrogen) atoms. The number of nitrogens with zero attached hydrogens (tertiary/aromatic N) is 1. The van der Waals surface area contributed by atoms with E-state index < -0.39 is 6.10 Å². The maximum atomic E-state index is 12.7. The molecular weight excluding hydrogens is 494 g/mol. The second kappa shape index (κ2) is 11.4. The number of aromatic hydroxyl groups is 1. The van der Waals surface area contributed by atoms with Gasteiger partial charge in [0.1, 0.15) is 5.75 Å². The Morgan fingerprint density at radius 3 is 2.65 bits per heavy atom. The van der Waals surface area contributed by atoms with Crippen molar-refractivity contribution in [2.45, 2.75) is 57.1 Å². The highest BCUT2D eigenvalue weighted by Gasteiger charge is 2.29. The van der Waals surface area contributed by atoms with E-state index in [4.69, 9.17) is 5.73 Å². The lowest BCUT2D eigenvalue weighted by atomic mass is 9.75. The molecule has 1 heterocycles. The summed E-state index contributed by atoms with van der Waals surface area (Å²) in [6, 6.07) is 12.8. The normalized spacial score (nSPS) is 16.4. The van der Waals surface area contributed by atoms with Crippen LogP contribution in [0.3, 0.4) is 0 Å². The Kier molecular flexibility index (Phi) is 8.29. The molecule has 0 spiro atoms. The highest BCUT2D eigenvalue weighted by molar-refractivity contribution is 9.10. The molecule has 1 aromatic heterocycles. The third kappa shape index (κ3) is 5.48. The number of aliphatic hydroxyl groups is 1. The number of benzene rings is 2. The lowest BCUT2D eigenvalue weighted by Crippen LogP contribution is -2.27. The van der Waals surface area contributed by atoms with Gasteiger partial charge in [-0.25, -0.2) is 0 Å². The van der Waals surface area contributed by atoms with Crippen LogP contribution in [0.4, 0.5) is 0 Å². The van der Waals surface area contributed by atoms with Crippen molar-refractivity contribution in [2.75, 3.05) is 13.1 Å². The fraction of sp³-hybridized carbons (Fsp3) is 0.444. The van der Waals surface area contributed by atoms with Crippen LogP contribution in [0, 0.1) is 5.92 Å². The summed E-state index contributed by atoms with van der Waals surface area (Å²) in [5.41, 5.74) is 8.34. The number of carbonyl (C=O) groups is 1. The van der Waals surface area contributed by atoms with E-state index in [1.165, 1.54) is 49.1 Å². The molecule has 7 heteroatoms. The second-order valence-corrected chi connectivity index (χ2v) is 10.2. The zero-order valence-corrected chi connectivity index (χ0v) is 21.0. The predicted octanol–water partition coefficient (Wildman–Crippen LogP) is 4.91. The van der Waals surface area contributed by atoms with Gasteiger partial charge in [0.05, 0.1) is 11.7 Å². The van der Waals surface area contributed by atoms with Crippen LogP contribution >= 0.6 is 15.9 Å². The Labute approximate surface area is 209 Å². The average molecular weight is 528 g/mol. The fourth-order valence-electron chi connectivity index (χ4n) is 5.36. The summed E-state index contributed by atoms with van der Waals surface area (Å²) >= 11 is 3.77. The molecular formula is C27H34BrN3O3. The van der Waals surface area contributed by atoms with Crippen LogP contribution in [0.5, 0.6) is 5.75 Å². The second-order valence-electron chi connectivity index (χ2n) is 9.33. The molecule has 182 valence electrons. The molecule has 1 aliphatic carbocycles. The molecule has 1 saturated carbocycles. The van der Waals surface area contributed by atoms with Crippen molar-refractivity contribution < 1.29 is 15.0 Å². The fourth-order valence-corrected chi connectivity index (χ4v) is 5.94. The van der Waals surface area contributed by atoms with Crippen LogP contribution < -0.4 is 11.1 Å². The molecule has 2 unspecified atom stereocenters. The van der Waals surface area contributed by atoms with Gasteiger partial charge in [-0.05, 0) is 60.9 Å². The van der Waals surface area contributed by atoms with E-state index in [0.29, 0.717) is 24.6 Å². The van der Waals surface area contributed by atoms with Crippen molar-refractivity contribution >= 4 is 32.7 Å². The number of halogens is 1. The molecule has 0 saturated heterocycles. The first kappa shape index (κ1) is 24.8. The van der Waals surface area contributed by atoms with Crippen LogP contribution in [-0.2, 0) is 6.54 Å². The van der Waals surface area contributed by atoms with Crippen molar-refractivity contribution in [3.8, 4) is 5.75 Å². The quantitative estimate of drug-likeness (QED) is 0.317. The topological polar surface area (TPSA) is 101 Å². The van der Waals surface area contributed by atoms with Gasteiger partial charge in [-0.2, -0.15) is 0 Å².